The van der Waals surface area contributed by atoms with Crippen molar-refractivity contribution in [3.05, 3.63) is 16.1 Å². The molecule has 0 spiro atoms. The lowest BCUT2D eigenvalue weighted by molar-refractivity contribution is -0.151. The lowest BCUT2D eigenvalue weighted by Gasteiger charge is -2.26. The van der Waals surface area contributed by atoms with Crippen molar-refractivity contribution in [1.82, 2.24) is 15.2 Å². The van der Waals surface area contributed by atoms with E-state index in [2.05, 4.69) is 10.3 Å². The minimum Gasteiger partial charge on any atom is -0.314 e. The van der Waals surface area contributed by atoms with Crippen molar-refractivity contribution in [2.75, 3.05) is 13.6 Å². The van der Waals surface area contributed by atoms with Gasteiger partial charge in [-0.05, 0) is 20.9 Å². The van der Waals surface area contributed by atoms with Crippen LogP contribution < -0.4 is 5.32 Å². The van der Waals surface area contributed by atoms with Crippen molar-refractivity contribution < 1.29 is 13.2 Å². The Labute approximate surface area is 109 Å². The third kappa shape index (κ3) is 5.32. The van der Waals surface area contributed by atoms with Crippen LogP contribution in [0.4, 0.5) is 13.2 Å². The third-order valence-electron chi connectivity index (χ3n) is 2.41. The second kappa shape index (κ2) is 6.49. The average molecular weight is 281 g/mol. The van der Waals surface area contributed by atoms with Crippen LogP contribution in [0.25, 0.3) is 0 Å². The van der Waals surface area contributed by atoms with E-state index in [1.165, 1.54) is 16.2 Å². The fourth-order valence-electron chi connectivity index (χ4n) is 1.51. The number of aromatic nitrogens is 1. The lowest BCUT2D eigenvalue weighted by Crippen LogP contribution is -2.38. The molecule has 0 radical (unpaired) electrons. The molecule has 0 aliphatic carbocycles. The molecule has 0 saturated heterocycles. The summed E-state index contributed by atoms with van der Waals surface area (Å²) in [7, 11) is 1.81. The number of alkyl halides is 3. The molecular weight excluding hydrogens is 263 g/mol. The molecule has 1 N–H and O–H groups in total. The van der Waals surface area contributed by atoms with Gasteiger partial charge in [-0.2, -0.15) is 13.2 Å². The summed E-state index contributed by atoms with van der Waals surface area (Å²) in [6.07, 6.45) is -4.17. The van der Waals surface area contributed by atoms with Gasteiger partial charge < -0.3 is 5.32 Å². The number of thiazole rings is 1. The van der Waals surface area contributed by atoms with Gasteiger partial charge >= 0.3 is 6.18 Å². The van der Waals surface area contributed by atoms with Gasteiger partial charge in [-0.25, -0.2) is 4.98 Å². The van der Waals surface area contributed by atoms with Crippen LogP contribution in [0.2, 0.25) is 0 Å². The highest BCUT2D eigenvalue weighted by molar-refractivity contribution is 7.09. The normalized spacial score (nSPS) is 12.7. The summed E-state index contributed by atoms with van der Waals surface area (Å²) in [5, 5.41) is 5.68. The van der Waals surface area contributed by atoms with Gasteiger partial charge in [-0.1, -0.05) is 0 Å². The molecule has 0 amide bonds. The topological polar surface area (TPSA) is 28.2 Å². The molecule has 0 aliphatic heterocycles. The number of halogens is 3. The molecule has 3 nitrogen and oxygen atoms in total. The Morgan fingerprint density at radius 2 is 2.11 bits per heavy atom. The first kappa shape index (κ1) is 15.4. The third-order valence-corrected chi connectivity index (χ3v) is 3.30. The van der Waals surface area contributed by atoms with E-state index in [-0.39, 0.29) is 12.6 Å². The fourth-order valence-corrected chi connectivity index (χ4v) is 2.31. The Morgan fingerprint density at radius 1 is 1.44 bits per heavy atom. The van der Waals surface area contributed by atoms with Crippen molar-refractivity contribution in [2.45, 2.75) is 39.2 Å². The zero-order valence-electron chi connectivity index (χ0n) is 10.7. The zero-order valence-corrected chi connectivity index (χ0v) is 11.5. The molecule has 1 heterocycles. The van der Waals surface area contributed by atoms with Crippen LogP contribution in [0.3, 0.4) is 0 Å². The molecule has 1 aromatic heterocycles. The van der Waals surface area contributed by atoms with Crippen LogP contribution in [0.5, 0.6) is 0 Å². The fraction of sp³-hybridized carbons (Fsp3) is 0.727. The van der Waals surface area contributed by atoms with Gasteiger partial charge in [0.25, 0.3) is 0 Å². The van der Waals surface area contributed by atoms with E-state index in [4.69, 9.17) is 0 Å². The second-order valence-corrected chi connectivity index (χ2v) is 5.32. The van der Waals surface area contributed by atoms with Crippen molar-refractivity contribution in [3.63, 3.8) is 0 Å². The van der Waals surface area contributed by atoms with E-state index >= 15 is 0 Å². The second-order valence-electron chi connectivity index (χ2n) is 4.38. The highest BCUT2D eigenvalue weighted by Crippen LogP contribution is 2.20. The predicted octanol–water partition coefficient (Wildman–Crippen LogP) is 2.64. The number of rotatable bonds is 6. The van der Waals surface area contributed by atoms with E-state index in [1.807, 2.05) is 12.4 Å². The maximum absolute atomic E-state index is 12.4. The number of nitrogens with one attached hydrogen (secondary N) is 1. The Bertz CT molecular complexity index is 363. The van der Waals surface area contributed by atoms with E-state index in [0.29, 0.717) is 12.2 Å². The summed E-state index contributed by atoms with van der Waals surface area (Å²) in [5.41, 5.74) is 0.697. The first-order valence-electron chi connectivity index (χ1n) is 5.70. The Balaban J connectivity index is 2.65. The summed E-state index contributed by atoms with van der Waals surface area (Å²) in [6, 6.07) is -0.166. The molecule has 7 heteroatoms. The quantitative estimate of drug-likeness (QED) is 0.869. The molecule has 0 atom stereocenters. The Hall–Kier alpha value is -0.660. The van der Waals surface area contributed by atoms with Crippen molar-refractivity contribution in [3.8, 4) is 0 Å². The van der Waals surface area contributed by atoms with Gasteiger partial charge in [-0.3, -0.25) is 4.90 Å². The molecule has 0 aliphatic rings. The molecule has 0 saturated carbocycles. The van der Waals surface area contributed by atoms with Crippen molar-refractivity contribution >= 4 is 11.3 Å². The number of nitrogens with zero attached hydrogens (tertiary/aromatic N) is 2. The average Bonchev–Trinajstić information content (AvgIpc) is 2.63. The number of hydrogen-bond acceptors (Lipinski definition) is 4. The van der Waals surface area contributed by atoms with Crippen LogP contribution in [0, 0.1) is 0 Å². The highest BCUT2D eigenvalue weighted by atomic mass is 32.1. The standard InChI is InChI=1S/C11H18F3N3S/c1-8(2)17(7-11(12,13)14)5-9-6-18-10(16-9)4-15-3/h6,8,15H,4-5,7H2,1-3H3. The van der Waals surface area contributed by atoms with Gasteiger partial charge in [0.15, 0.2) is 0 Å². The van der Waals surface area contributed by atoms with E-state index in [0.717, 1.165) is 5.01 Å². The summed E-state index contributed by atoms with van der Waals surface area (Å²) < 4.78 is 37.3. The zero-order chi connectivity index (χ0) is 13.8. The predicted molar refractivity (Wildman–Crippen MR) is 66.5 cm³/mol. The Morgan fingerprint density at radius 3 is 2.61 bits per heavy atom. The van der Waals surface area contributed by atoms with Crippen molar-refractivity contribution in [2.24, 2.45) is 0 Å². The van der Waals surface area contributed by atoms with Gasteiger partial charge in [0.1, 0.15) is 5.01 Å². The molecule has 1 aromatic rings. The Kier molecular flexibility index (Phi) is 5.55. The van der Waals surface area contributed by atoms with E-state index in [1.54, 1.807) is 13.8 Å². The first-order chi connectivity index (χ1) is 8.31. The summed E-state index contributed by atoms with van der Waals surface area (Å²) in [4.78, 5) is 5.67. The monoisotopic (exact) mass is 281 g/mol. The van der Waals surface area contributed by atoms with Crippen LogP contribution >= 0.6 is 11.3 Å². The van der Waals surface area contributed by atoms with Crippen LogP contribution in [0.1, 0.15) is 24.5 Å². The van der Waals surface area contributed by atoms with E-state index in [9.17, 15) is 13.2 Å². The SMILES string of the molecule is CNCc1nc(CN(CC(F)(F)F)C(C)C)cs1. The minimum absolute atomic E-state index is 0.166. The van der Waals surface area contributed by atoms with E-state index < -0.39 is 12.7 Å². The summed E-state index contributed by atoms with van der Waals surface area (Å²) in [5.74, 6) is 0. The largest absolute Gasteiger partial charge is 0.401 e. The highest BCUT2D eigenvalue weighted by Gasteiger charge is 2.32. The first-order valence-corrected chi connectivity index (χ1v) is 6.58. The summed E-state index contributed by atoms with van der Waals surface area (Å²) in [6.45, 7) is 3.49. The maximum atomic E-state index is 12.4. The van der Waals surface area contributed by atoms with Crippen LogP contribution in [0.15, 0.2) is 5.38 Å². The maximum Gasteiger partial charge on any atom is 0.401 e. The minimum atomic E-state index is -4.17. The summed E-state index contributed by atoms with van der Waals surface area (Å²) >= 11 is 1.46. The van der Waals surface area contributed by atoms with Crippen molar-refractivity contribution in [1.29, 1.82) is 0 Å². The number of hydrogen-bond donors (Lipinski definition) is 1. The van der Waals surface area contributed by atoms with Gasteiger partial charge in [0, 0.05) is 24.5 Å². The molecule has 0 fully saturated rings. The molecule has 0 bridgehead atoms. The molecule has 1 rings (SSSR count). The van der Waals surface area contributed by atoms with Crippen LogP contribution in [-0.4, -0.2) is 35.7 Å². The lowest BCUT2D eigenvalue weighted by atomic mass is 10.3. The molecule has 0 unspecified atom stereocenters. The van der Waals surface area contributed by atoms with Gasteiger partial charge in [0.05, 0.1) is 12.2 Å². The molecule has 18 heavy (non-hydrogen) atoms. The molecule has 104 valence electrons. The smallest absolute Gasteiger partial charge is 0.314 e. The van der Waals surface area contributed by atoms with Crippen LogP contribution in [-0.2, 0) is 13.1 Å². The van der Waals surface area contributed by atoms with Gasteiger partial charge in [-0.15, -0.1) is 11.3 Å². The molecule has 0 aromatic carbocycles. The van der Waals surface area contributed by atoms with Gasteiger partial charge in [0.2, 0.25) is 0 Å². The molecular formula is C11H18F3N3S.